The molecule has 2 nitrogen and oxygen atoms in total. The van der Waals surface area contributed by atoms with Gasteiger partial charge >= 0.3 is 0 Å². The lowest BCUT2D eigenvalue weighted by molar-refractivity contribution is 0.336. The van der Waals surface area contributed by atoms with E-state index in [4.69, 9.17) is 8.83 Å². The minimum absolute atomic E-state index is 0.146. The second kappa shape index (κ2) is 3.37. The molecule has 2 aromatic heterocycles. The van der Waals surface area contributed by atoms with Crippen molar-refractivity contribution < 1.29 is 8.83 Å². The molecule has 2 heteroatoms. The van der Waals surface area contributed by atoms with Crippen LogP contribution in [-0.2, 0) is 5.41 Å². The van der Waals surface area contributed by atoms with E-state index in [1.165, 1.54) is 0 Å². The van der Waals surface area contributed by atoms with Crippen LogP contribution in [0.1, 0.15) is 31.8 Å². The molecule has 2 aromatic rings. The predicted octanol–water partition coefficient (Wildman–Crippen LogP) is 3.59. The molecule has 14 heavy (non-hydrogen) atoms. The molecule has 0 N–H and O–H groups in total. The summed E-state index contributed by atoms with van der Waals surface area (Å²) in [6, 6.07) is 7.80. The lowest BCUT2D eigenvalue weighted by Crippen LogP contribution is -2.20. The molecule has 2 rings (SSSR count). The lowest BCUT2D eigenvalue weighted by atomic mass is 9.82. The van der Waals surface area contributed by atoms with Gasteiger partial charge in [-0.05, 0) is 37.6 Å². The van der Waals surface area contributed by atoms with Crippen LogP contribution in [0.3, 0.4) is 0 Å². The van der Waals surface area contributed by atoms with Gasteiger partial charge in [-0.2, -0.15) is 0 Å². The number of hydrogen-bond acceptors (Lipinski definition) is 2. The Labute approximate surface area is 83.5 Å². The summed E-state index contributed by atoms with van der Waals surface area (Å²) in [4.78, 5) is 0. The average molecular weight is 190 g/mol. The van der Waals surface area contributed by atoms with E-state index in [2.05, 4.69) is 13.8 Å². The van der Waals surface area contributed by atoms with Gasteiger partial charge < -0.3 is 8.83 Å². The van der Waals surface area contributed by atoms with Gasteiger partial charge in [0.15, 0.2) is 0 Å². The van der Waals surface area contributed by atoms with Gasteiger partial charge in [0.2, 0.25) is 0 Å². The molecule has 2 heterocycles. The second-order valence-electron chi connectivity index (χ2n) is 3.64. The molecule has 0 aliphatic rings. The lowest BCUT2D eigenvalue weighted by Gasteiger charge is -2.22. The Balaban J connectivity index is 2.45. The number of hydrogen-bond donors (Lipinski definition) is 0. The molecule has 74 valence electrons. The highest BCUT2D eigenvalue weighted by molar-refractivity contribution is 5.26. The van der Waals surface area contributed by atoms with Crippen LogP contribution < -0.4 is 0 Å². The van der Waals surface area contributed by atoms with Gasteiger partial charge in [0.05, 0.1) is 17.9 Å². The number of rotatable bonds is 3. The molecule has 0 aliphatic carbocycles. The van der Waals surface area contributed by atoms with Crippen molar-refractivity contribution in [3.63, 3.8) is 0 Å². The molecule has 0 fully saturated rings. The fourth-order valence-corrected chi connectivity index (χ4v) is 1.65. The van der Waals surface area contributed by atoms with Gasteiger partial charge in [0, 0.05) is 0 Å². The Hall–Kier alpha value is -1.44. The molecular formula is C12H14O2. The summed E-state index contributed by atoms with van der Waals surface area (Å²) in [5.41, 5.74) is -0.146. The Morgan fingerprint density at radius 3 is 1.86 bits per heavy atom. The third kappa shape index (κ3) is 1.27. The molecule has 0 aromatic carbocycles. The summed E-state index contributed by atoms with van der Waals surface area (Å²) in [5.74, 6) is 1.91. The normalized spacial score (nSPS) is 11.9. The summed E-state index contributed by atoms with van der Waals surface area (Å²) in [7, 11) is 0. The molecule has 0 radical (unpaired) electrons. The van der Waals surface area contributed by atoms with E-state index >= 15 is 0 Å². The monoisotopic (exact) mass is 190 g/mol. The first-order chi connectivity index (χ1) is 6.77. The van der Waals surface area contributed by atoms with Gasteiger partial charge in [-0.15, -0.1) is 0 Å². The van der Waals surface area contributed by atoms with Crippen LogP contribution in [-0.4, -0.2) is 0 Å². The Kier molecular flexibility index (Phi) is 2.20. The SMILES string of the molecule is CCC(C)(c1ccco1)c1ccco1. The van der Waals surface area contributed by atoms with Gasteiger partial charge in [0.1, 0.15) is 11.5 Å². The van der Waals surface area contributed by atoms with Crippen LogP contribution in [0, 0.1) is 0 Å². The standard InChI is InChI=1S/C12H14O2/c1-3-12(2,10-6-4-8-13-10)11-7-5-9-14-11/h4-9H,3H2,1-2H3. The van der Waals surface area contributed by atoms with Gasteiger partial charge in [-0.3, -0.25) is 0 Å². The van der Waals surface area contributed by atoms with Gasteiger partial charge in [-0.1, -0.05) is 6.92 Å². The van der Waals surface area contributed by atoms with Crippen LogP contribution in [0.15, 0.2) is 45.6 Å². The third-order valence-corrected chi connectivity index (χ3v) is 2.84. The van der Waals surface area contributed by atoms with Crippen LogP contribution in [0.4, 0.5) is 0 Å². The van der Waals surface area contributed by atoms with E-state index in [-0.39, 0.29) is 5.41 Å². The summed E-state index contributed by atoms with van der Waals surface area (Å²) in [6.07, 6.45) is 4.35. The van der Waals surface area contributed by atoms with Crippen molar-refractivity contribution in [2.24, 2.45) is 0 Å². The fraction of sp³-hybridized carbons (Fsp3) is 0.333. The average Bonchev–Trinajstić information content (AvgIpc) is 2.88. The summed E-state index contributed by atoms with van der Waals surface area (Å²) >= 11 is 0. The van der Waals surface area contributed by atoms with Crippen LogP contribution >= 0.6 is 0 Å². The fourth-order valence-electron chi connectivity index (χ4n) is 1.65. The minimum Gasteiger partial charge on any atom is -0.468 e. The molecule has 0 atom stereocenters. The van der Waals surface area contributed by atoms with Gasteiger partial charge in [-0.25, -0.2) is 0 Å². The molecule has 0 unspecified atom stereocenters. The predicted molar refractivity (Wildman–Crippen MR) is 54.2 cm³/mol. The highest BCUT2D eigenvalue weighted by Crippen LogP contribution is 2.35. The Bertz CT molecular complexity index is 336. The molecule has 0 saturated heterocycles. The van der Waals surface area contributed by atoms with Crippen molar-refractivity contribution in [2.75, 3.05) is 0 Å². The summed E-state index contributed by atoms with van der Waals surface area (Å²) < 4.78 is 10.9. The molecule has 0 spiro atoms. The first-order valence-corrected chi connectivity index (χ1v) is 4.85. The maximum atomic E-state index is 5.45. The van der Waals surface area contributed by atoms with E-state index in [9.17, 15) is 0 Å². The van der Waals surface area contributed by atoms with E-state index in [1.54, 1.807) is 12.5 Å². The van der Waals surface area contributed by atoms with Crippen molar-refractivity contribution in [1.29, 1.82) is 0 Å². The van der Waals surface area contributed by atoms with Crippen LogP contribution in [0.25, 0.3) is 0 Å². The molecule has 0 aliphatic heterocycles. The quantitative estimate of drug-likeness (QED) is 0.739. The number of furan rings is 2. The van der Waals surface area contributed by atoms with Gasteiger partial charge in [0.25, 0.3) is 0 Å². The Morgan fingerprint density at radius 1 is 1.07 bits per heavy atom. The zero-order chi connectivity index (χ0) is 10.0. The molecular weight excluding hydrogens is 176 g/mol. The van der Waals surface area contributed by atoms with E-state index < -0.39 is 0 Å². The highest BCUT2D eigenvalue weighted by Gasteiger charge is 2.32. The molecule has 0 bridgehead atoms. The summed E-state index contributed by atoms with van der Waals surface area (Å²) in [5, 5.41) is 0. The first kappa shape index (κ1) is 9.13. The largest absolute Gasteiger partial charge is 0.468 e. The van der Waals surface area contributed by atoms with Crippen molar-refractivity contribution in [3.05, 3.63) is 48.3 Å². The Morgan fingerprint density at radius 2 is 1.57 bits per heavy atom. The second-order valence-corrected chi connectivity index (χ2v) is 3.64. The zero-order valence-electron chi connectivity index (χ0n) is 8.49. The first-order valence-electron chi connectivity index (χ1n) is 4.85. The maximum absolute atomic E-state index is 5.45. The van der Waals surface area contributed by atoms with E-state index in [0.29, 0.717) is 0 Å². The van der Waals surface area contributed by atoms with Crippen molar-refractivity contribution in [2.45, 2.75) is 25.7 Å². The maximum Gasteiger partial charge on any atom is 0.117 e. The smallest absolute Gasteiger partial charge is 0.117 e. The summed E-state index contributed by atoms with van der Waals surface area (Å²) in [6.45, 7) is 4.26. The molecule has 0 amide bonds. The highest BCUT2D eigenvalue weighted by atomic mass is 16.3. The minimum atomic E-state index is -0.146. The molecule has 0 saturated carbocycles. The van der Waals surface area contributed by atoms with Crippen molar-refractivity contribution in [1.82, 2.24) is 0 Å². The van der Waals surface area contributed by atoms with E-state index in [0.717, 1.165) is 17.9 Å². The van der Waals surface area contributed by atoms with Crippen LogP contribution in [0.5, 0.6) is 0 Å². The van der Waals surface area contributed by atoms with Crippen LogP contribution in [0.2, 0.25) is 0 Å². The van der Waals surface area contributed by atoms with Crippen molar-refractivity contribution in [3.8, 4) is 0 Å². The third-order valence-electron chi connectivity index (χ3n) is 2.84. The topological polar surface area (TPSA) is 26.3 Å². The zero-order valence-corrected chi connectivity index (χ0v) is 8.49. The van der Waals surface area contributed by atoms with Crippen molar-refractivity contribution >= 4 is 0 Å². The van der Waals surface area contributed by atoms with E-state index in [1.807, 2.05) is 24.3 Å².